The number of carbonyl (C=O) groups is 1. The fourth-order valence-electron chi connectivity index (χ4n) is 1.18. The van der Waals surface area contributed by atoms with E-state index in [1.807, 2.05) is 0 Å². The van der Waals surface area contributed by atoms with E-state index in [4.69, 9.17) is 0 Å². The molecular formula is C12H24OS. The van der Waals surface area contributed by atoms with Crippen LogP contribution in [-0.2, 0) is 4.79 Å². The third-order valence-corrected chi connectivity index (χ3v) is 3.75. The van der Waals surface area contributed by atoms with Crippen LogP contribution < -0.4 is 0 Å². The van der Waals surface area contributed by atoms with Gasteiger partial charge in [0.15, 0.2) is 5.12 Å². The highest BCUT2D eigenvalue weighted by molar-refractivity contribution is 8.14. The molecule has 0 saturated carbocycles. The Hall–Kier alpha value is 0.0200. The summed E-state index contributed by atoms with van der Waals surface area (Å²) in [6.45, 7) is 10.8. The van der Waals surface area contributed by atoms with E-state index < -0.39 is 0 Å². The standard InChI is InChI=1S/C12H24OS/c1-6-10(7-2)14-11(13)8-9-12(3,4)5/h10H,6-9H2,1-5H3. The van der Waals surface area contributed by atoms with Gasteiger partial charge in [-0.15, -0.1) is 0 Å². The molecule has 0 rings (SSSR count). The van der Waals surface area contributed by atoms with Gasteiger partial charge in [0.1, 0.15) is 0 Å². The van der Waals surface area contributed by atoms with Gasteiger partial charge in [-0.1, -0.05) is 46.4 Å². The van der Waals surface area contributed by atoms with Crippen molar-refractivity contribution in [2.24, 2.45) is 5.41 Å². The van der Waals surface area contributed by atoms with E-state index in [1.165, 1.54) is 0 Å². The Morgan fingerprint density at radius 1 is 1.21 bits per heavy atom. The molecule has 0 spiro atoms. The highest BCUT2D eigenvalue weighted by atomic mass is 32.2. The molecule has 84 valence electrons. The van der Waals surface area contributed by atoms with Crippen molar-refractivity contribution in [2.75, 3.05) is 0 Å². The van der Waals surface area contributed by atoms with Crippen LogP contribution in [0.2, 0.25) is 0 Å². The van der Waals surface area contributed by atoms with E-state index in [0.717, 1.165) is 25.7 Å². The molecule has 0 aromatic carbocycles. The van der Waals surface area contributed by atoms with E-state index >= 15 is 0 Å². The van der Waals surface area contributed by atoms with Crippen LogP contribution in [0.25, 0.3) is 0 Å². The van der Waals surface area contributed by atoms with E-state index in [-0.39, 0.29) is 5.41 Å². The van der Waals surface area contributed by atoms with Crippen molar-refractivity contribution in [1.82, 2.24) is 0 Å². The zero-order valence-corrected chi connectivity index (χ0v) is 11.0. The third kappa shape index (κ3) is 7.43. The Balaban J connectivity index is 3.75. The molecule has 0 saturated heterocycles. The molecule has 0 amide bonds. The van der Waals surface area contributed by atoms with Crippen LogP contribution in [0.15, 0.2) is 0 Å². The summed E-state index contributed by atoms with van der Waals surface area (Å²) in [4.78, 5) is 11.6. The van der Waals surface area contributed by atoms with Crippen LogP contribution in [0.1, 0.15) is 60.3 Å². The Morgan fingerprint density at radius 2 is 1.71 bits per heavy atom. The summed E-state index contributed by atoms with van der Waals surface area (Å²) in [7, 11) is 0. The van der Waals surface area contributed by atoms with Crippen LogP contribution in [0.4, 0.5) is 0 Å². The second-order valence-corrected chi connectivity index (χ2v) is 6.35. The van der Waals surface area contributed by atoms with Crippen LogP contribution >= 0.6 is 11.8 Å². The smallest absolute Gasteiger partial charge is 0.189 e. The molecule has 0 N–H and O–H groups in total. The lowest BCUT2D eigenvalue weighted by atomic mass is 9.91. The highest BCUT2D eigenvalue weighted by Crippen LogP contribution is 2.25. The maximum atomic E-state index is 11.6. The van der Waals surface area contributed by atoms with E-state index in [2.05, 4.69) is 34.6 Å². The van der Waals surface area contributed by atoms with Gasteiger partial charge in [-0.3, -0.25) is 4.79 Å². The van der Waals surface area contributed by atoms with Crippen molar-refractivity contribution in [1.29, 1.82) is 0 Å². The number of thioether (sulfide) groups is 1. The van der Waals surface area contributed by atoms with Gasteiger partial charge in [0.25, 0.3) is 0 Å². The predicted octanol–water partition coefficient (Wildman–Crippen LogP) is 4.26. The van der Waals surface area contributed by atoms with E-state index in [1.54, 1.807) is 11.8 Å². The first kappa shape index (κ1) is 14.0. The molecule has 0 heterocycles. The summed E-state index contributed by atoms with van der Waals surface area (Å²) in [5.74, 6) is 0. The van der Waals surface area contributed by atoms with Crippen molar-refractivity contribution in [2.45, 2.75) is 65.6 Å². The van der Waals surface area contributed by atoms with Crippen molar-refractivity contribution < 1.29 is 4.79 Å². The van der Waals surface area contributed by atoms with Crippen LogP contribution in [0.5, 0.6) is 0 Å². The Labute approximate surface area is 93.0 Å². The molecule has 0 aromatic rings. The first-order chi connectivity index (χ1) is 6.39. The third-order valence-electron chi connectivity index (χ3n) is 2.29. The lowest BCUT2D eigenvalue weighted by Crippen LogP contribution is -2.09. The summed E-state index contributed by atoms with van der Waals surface area (Å²) in [6.07, 6.45) is 3.93. The minimum Gasteiger partial charge on any atom is -0.287 e. The Kier molecular flexibility index (Phi) is 6.50. The van der Waals surface area contributed by atoms with Gasteiger partial charge < -0.3 is 0 Å². The molecule has 0 unspecified atom stereocenters. The quantitative estimate of drug-likeness (QED) is 0.683. The minimum atomic E-state index is 0.282. The number of hydrogen-bond donors (Lipinski definition) is 0. The molecule has 0 atom stereocenters. The zero-order valence-electron chi connectivity index (χ0n) is 10.2. The fraction of sp³-hybridized carbons (Fsp3) is 0.917. The molecule has 1 nitrogen and oxygen atoms in total. The second kappa shape index (κ2) is 6.49. The molecule has 0 aliphatic heterocycles. The second-order valence-electron chi connectivity index (χ2n) is 4.99. The molecule has 0 radical (unpaired) electrons. The van der Waals surface area contributed by atoms with Crippen molar-refractivity contribution in [3.63, 3.8) is 0 Å². The first-order valence-corrected chi connectivity index (χ1v) is 6.46. The van der Waals surface area contributed by atoms with Crippen LogP contribution in [-0.4, -0.2) is 10.4 Å². The van der Waals surface area contributed by atoms with Gasteiger partial charge >= 0.3 is 0 Å². The average Bonchev–Trinajstić information content (AvgIpc) is 2.09. The summed E-state index contributed by atoms with van der Waals surface area (Å²) >= 11 is 1.55. The first-order valence-electron chi connectivity index (χ1n) is 5.58. The van der Waals surface area contributed by atoms with Gasteiger partial charge in [0.2, 0.25) is 0 Å². The molecule has 14 heavy (non-hydrogen) atoms. The monoisotopic (exact) mass is 216 g/mol. The van der Waals surface area contributed by atoms with Crippen molar-refractivity contribution in [3.05, 3.63) is 0 Å². The van der Waals surface area contributed by atoms with Gasteiger partial charge in [0.05, 0.1) is 0 Å². The summed E-state index contributed by atoms with van der Waals surface area (Å²) in [5, 5.41) is 0.899. The molecule has 0 aromatic heterocycles. The summed E-state index contributed by atoms with van der Waals surface area (Å²) < 4.78 is 0. The summed E-state index contributed by atoms with van der Waals surface area (Å²) in [5.41, 5.74) is 0.282. The number of hydrogen-bond acceptors (Lipinski definition) is 2. The van der Waals surface area contributed by atoms with Crippen LogP contribution in [0.3, 0.4) is 0 Å². The van der Waals surface area contributed by atoms with Gasteiger partial charge in [0, 0.05) is 11.7 Å². The lowest BCUT2D eigenvalue weighted by molar-refractivity contribution is -0.111. The van der Waals surface area contributed by atoms with E-state index in [0.29, 0.717) is 10.4 Å². The molecule has 0 aliphatic carbocycles. The van der Waals surface area contributed by atoms with Gasteiger partial charge in [-0.05, 0) is 24.7 Å². The van der Waals surface area contributed by atoms with Crippen LogP contribution in [0, 0.1) is 5.41 Å². The maximum Gasteiger partial charge on any atom is 0.189 e. The Morgan fingerprint density at radius 3 is 2.07 bits per heavy atom. The van der Waals surface area contributed by atoms with Crippen molar-refractivity contribution in [3.8, 4) is 0 Å². The van der Waals surface area contributed by atoms with Crippen molar-refractivity contribution >= 4 is 16.9 Å². The van der Waals surface area contributed by atoms with Gasteiger partial charge in [-0.25, -0.2) is 0 Å². The fourth-order valence-corrected chi connectivity index (χ4v) is 2.10. The normalized spacial score (nSPS) is 12.1. The topological polar surface area (TPSA) is 17.1 Å². The Bertz CT molecular complexity index is 166. The minimum absolute atomic E-state index is 0.282. The molecule has 2 heteroatoms. The molecule has 0 fully saturated rings. The SMILES string of the molecule is CCC(CC)SC(=O)CCC(C)(C)C. The van der Waals surface area contributed by atoms with E-state index in [9.17, 15) is 4.79 Å². The maximum absolute atomic E-state index is 11.6. The molecule has 0 aliphatic rings. The molecular weight excluding hydrogens is 192 g/mol. The summed E-state index contributed by atoms with van der Waals surface area (Å²) in [6, 6.07) is 0. The lowest BCUT2D eigenvalue weighted by Gasteiger charge is -2.17. The highest BCUT2D eigenvalue weighted by Gasteiger charge is 2.15. The molecule has 0 bridgehead atoms. The zero-order chi connectivity index (χ0) is 11.2. The number of rotatable bonds is 5. The van der Waals surface area contributed by atoms with Gasteiger partial charge in [-0.2, -0.15) is 0 Å². The average molecular weight is 216 g/mol. The largest absolute Gasteiger partial charge is 0.287 e. The predicted molar refractivity (Wildman–Crippen MR) is 65.7 cm³/mol. The number of carbonyl (C=O) groups excluding carboxylic acids is 1.